The van der Waals surface area contributed by atoms with Crippen molar-refractivity contribution in [2.45, 2.75) is 12.8 Å². The van der Waals surface area contributed by atoms with Gasteiger partial charge in [-0.3, -0.25) is 4.79 Å². The Hall–Kier alpha value is -3.24. The van der Waals surface area contributed by atoms with Gasteiger partial charge in [0.25, 0.3) is 0 Å². The average molecular weight is 405 g/mol. The number of nitrogens with one attached hydrogen (secondary N) is 2. The molecule has 0 saturated carbocycles. The highest BCUT2D eigenvalue weighted by Crippen LogP contribution is 2.27. The van der Waals surface area contributed by atoms with E-state index >= 15 is 0 Å². The number of benzene rings is 3. The second-order valence-corrected chi connectivity index (χ2v) is 7.32. The zero-order valence-electron chi connectivity index (χ0n) is 16.0. The molecule has 4 nitrogen and oxygen atoms in total. The van der Waals surface area contributed by atoms with E-state index in [0.29, 0.717) is 12.8 Å². The number of aromatic nitrogens is 1. The van der Waals surface area contributed by atoms with Crippen molar-refractivity contribution in [3.05, 3.63) is 83.4 Å². The summed E-state index contributed by atoms with van der Waals surface area (Å²) in [5.74, 6) is 0.810. The lowest BCUT2D eigenvalue weighted by molar-refractivity contribution is -0.116. The highest BCUT2D eigenvalue weighted by atomic mass is 35.5. The fourth-order valence-electron chi connectivity index (χ4n) is 3.27. The van der Waals surface area contributed by atoms with Gasteiger partial charge in [0.15, 0.2) is 0 Å². The Kier molecular flexibility index (Phi) is 5.54. The standard InChI is InChI=1S/C24H21ClN2O2/c1-29-21-10-2-16(3-11-21)4-13-24(28)26-20-8-5-17(6-9-20)23-15-18-14-19(25)7-12-22(18)27-23/h2-3,5-12,14-15,27H,4,13H2,1H3,(H,26,28). The number of H-pyrrole nitrogens is 1. The summed E-state index contributed by atoms with van der Waals surface area (Å²) >= 11 is 6.06. The molecule has 0 atom stereocenters. The van der Waals surface area contributed by atoms with Crippen LogP contribution in [-0.4, -0.2) is 18.0 Å². The lowest BCUT2D eigenvalue weighted by atomic mass is 10.1. The first-order valence-electron chi connectivity index (χ1n) is 9.42. The van der Waals surface area contributed by atoms with E-state index in [1.165, 1.54) is 0 Å². The number of hydrogen-bond donors (Lipinski definition) is 2. The molecule has 1 heterocycles. The van der Waals surface area contributed by atoms with Gasteiger partial charge >= 0.3 is 0 Å². The summed E-state index contributed by atoms with van der Waals surface area (Å²) in [7, 11) is 1.64. The van der Waals surface area contributed by atoms with Crippen molar-refractivity contribution in [2.24, 2.45) is 0 Å². The maximum absolute atomic E-state index is 12.3. The van der Waals surface area contributed by atoms with Crippen molar-refractivity contribution >= 4 is 34.1 Å². The largest absolute Gasteiger partial charge is 0.497 e. The summed E-state index contributed by atoms with van der Waals surface area (Å²) < 4.78 is 5.15. The summed E-state index contributed by atoms with van der Waals surface area (Å²) in [6.07, 6.45) is 1.11. The molecule has 0 saturated heterocycles. The maximum atomic E-state index is 12.3. The minimum Gasteiger partial charge on any atom is -0.497 e. The molecule has 0 fully saturated rings. The molecule has 4 rings (SSSR count). The Balaban J connectivity index is 1.37. The predicted octanol–water partition coefficient (Wildman–Crippen LogP) is 6.07. The quantitative estimate of drug-likeness (QED) is 0.410. The van der Waals surface area contributed by atoms with Crippen molar-refractivity contribution in [3.63, 3.8) is 0 Å². The first-order chi connectivity index (χ1) is 14.1. The summed E-state index contributed by atoms with van der Waals surface area (Å²) in [6.45, 7) is 0. The Morgan fingerprint density at radius 1 is 1.00 bits per heavy atom. The number of fused-ring (bicyclic) bond motifs is 1. The minimum absolute atomic E-state index is 0.00572. The number of carbonyl (C=O) groups excluding carboxylic acids is 1. The van der Waals surface area contributed by atoms with Crippen LogP contribution in [0.2, 0.25) is 5.02 Å². The van der Waals surface area contributed by atoms with Gasteiger partial charge in [-0.1, -0.05) is 35.9 Å². The highest BCUT2D eigenvalue weighted by Gasteiger charge is 2.06. The van der Waals surface area contributed by atoms with Crippen LogP contribution in [0.5, 0.6) is 5.75 Å². The van der Waals surface area contributed by atoms with Gasteiger partial charge in [0.1, 0.15) is 5.75 Å². The Morgan fingerprint density at radius 2 is 1.76 bits per heavy atom. The lowest BCUT2D eigenvalue weighted by Gasteiger charge is -2.07. The van der Waals surface area contributed by atoms with Gasteiger partial charge < -0.3 is 15.0 Å². The normalized spacial score (nSPS) is 10.8. The third-order valence-corrected chi connectivity index (χ3v) is 5.10. The number of amides is 1. The molecule has 3 aromatic carbocycles. The van der Waals surface area contributed by atoms with Gasteiger partial charge in [0.2, 0.25) is 5.91 Å². The van der Waals surface area contributed by atoms with E-state index in [1.807, 2.05) is 66.7 Å². The first kappa shape index (κ1) is 19.1. The van der Waals surface area contributed by atoms with E-state index in [4.69, 9.17) is 16.3 Å². The monoisotopic (exact) mass is 404 g/mol. The lowest BCUT2D eigenvalue weighted by Crippen LogP contribution is -2.12. The van der Waals surface area contributed by atoms with Crippen molar-refractivity contribution in [2.75, 3.05) is 12.4 Å². The van der Waals surface area contributed by atoms with Crippen LogP contribution in [0.4, 0.5) is 5.69 Å². The number of aryl methyl sites for hydroxylation is 1. The molecule has 0 radical (unpaired) electrons. The predicted molar refractivity (Wildman–Crippen MR) is 119 cm³/mol. The van der Waals surface area contributed by atoms with Crippen LogP contribution >= 0.6 is 11.6 Å². The minimum atomic E-state index is -0.00572. The number of methoxy groups -OCH3 is 1. The van der Waals surface area contributed by atoms with Crippen molar-refractivity contribution in [1.82, 2.24) is 4.98 Å². The van der Waals surface area contributed by atoms with Crippen molar-refractivity contribution in [1.29, 1.82) is 0 Å². The van der Waals surface area contributed by atoms with Gasteiger partial charge in [-0.2, -0.15) is 0 Å². The van der Waals surface area contributed by atoms with Crippen LogP contribution in [-0.2, 0) is 11.2 Å². The Labute approximate surface area is 174 Å². The number of aromatic amines is 1. The van der Waals surface area contributed by atoms with Crippen LogP contribution in [0, 0.1) is 0 Å². The number of hydrogen-bond acceptors (Lipinski definition) is 2. The van der Waals surface area contributed by atoms with Gasteiger partial charge in [-0.15, -0.1) is 0 Å². The molecule has 4 aromatic rings. The molecule has 146 valence electrons. The van der Waals surface area contributed by atoms with Crippen LogP contribution in [0.25, 0.3) is 22.2 Å². The SMILES string of the molecule is COc1ccc(CCC(=O)Nc2ccc(-c3cc4cc(Cl)ccc4[nH]3)cc2)cc1. The molecular formula is C24H21ClN2O2. The third-order valence-electron chi connectivity index (χ3n) is 4.86. The third kappa shape index (κ3) is 4.61. The van der Waals surface area contributed by atoms with E-state index in [-0.39, 0.29) is 5.91 Å². The summed E-state index contributed by atoms with van der Waals surface area (Å²) in [4.78, 5) is 15.6. The highest BCUT2D eigenvalue weighted by molar-refractivity contribution is 6.31. The van der Waals surface area contributed by atoms with Crippen LogP contribution < -0.4 is 10.1 Å². The fourth-order valence-corrected chi connectivity index (χ4v) is 3.45. The van der Waals surface area contributed by atoms with Gasteiger partial charge in [0, 0.05) is 33.7 Å². The number of halogens is 1. The number of carbonyl (C=O) groups is 1. The molecule has 0 bridgehead atoms. The average Bonchev–Trinajstić information content (AvgIpc) is 3.16. The van der Waals surface area contributed by atoms with E-state index < -0.39 is 0 Å². The topological polar surface area (TPSA) is 54.1 Å². The molecule has 1 amide bonds. The molecule has 1 aromatic heterocycles. The molecule has 29 heavy (non-hydrogen) atoms. The molecule has 5 heteroatoms. The molecule has 0 aliphatic rings. The zero-order chi connectivity index (χ0) is 20.2. The van der Waals surface area contributed by atoms with Crippen molar-refractivity contribution < 1.29 is 9.53 Å². The molecule has 0 aliphatic carbocycles. The summed E-state index contributed by atoms with van der Waals surface area (Å²) in [6, 6.07) is 23.4. The van der Waals surface area contributed by atoms with Crippen LogP contribution in [0.3, 0.4) is 0 Å². The summed E-state index contributed by atoms with van der Waals surface area (Å²) in [5.41, 5.74) is 5.00. The molecule has 0 unspecified atom stereocenters. The Morgan fingerprint density at radius 3 is 2.48 bits per heavy atom. The van der Waals surface area contributed by atoms with Gasteiger partial charge in [-0.05, 0) is 66.1 Å². The maximum Gasteiger partial charge on any atom is 0.224 e. The first-order valence-corrected chi connectivity index (χ1v) is 9.80. The zero-order valence-corrected chi connectivity index (χ0v) is 16.8. The molecule has 2 N–H and O–H groups in total. The smallest absolute Gasteiger partial charge is 0.224 e. The number of rotatable bonds is 6. The fraction of sp³-hybridized carbons (Fsp3) is 0.125. The van der Waals surface area contributed by atoms with Crippen LogP contribution in [0.1, 0.15) is 12.0 Å². The van der Waals surface area contributed by atoms with Crippen molar-refractivity contribution in [3.8, 4) is 17.0 Å². The second-order valence-electron chi connectivity index (χ2n) is 6.89. The van der Waals surface area contributed by atoms with Gasteiger partial charge in [-0.25, -0.2) is 0 Å². The number of ether oxygens (including phenoxy) is 1. The van der Waals surface area contributed by atoms with Crippen LogP contribution in [0.15, 0.2) is 72.8 Å². The molecule has 0 aliphatic heterocycles. The van der Waals surface area contributed by atoms with E-state index in [0.717, 1.165) is 44.2 Å². The van der Waals surface area contributed by atoms with E-state index in [1.54, 1.807) is 7.11 Å². The van der Waals surface area contributed by atoms with E-state index in [9.17, 15) is 4.79 Å². The van der Waals surface area contributed by atoms with E-state index in [2.05, 4.69) is 16.4 Å². The Bertz CT molecular complexity index is 1130. The number of anilines is 1. The molecular weight excluding hydrogens is 384 g/mol. The summed E-state index contributed by atoms with van der Waals surface area (Å²) in [5, 5.41) is 4.75. The second kappa shape index (κ2) is 8.41. The van der Waals surface area contributed by atoms with Gasteiger partial charge in [0.05, 0.1) is 7.11 Å². The molecule has 0 spiro atoms.